The minimum atomic E-state index is -3.12. The zero-order valence-corrected chi connectivity index (χ0v) is 12.5. The van der Waals surface area contributed by atoms with Crippen molar-refractivity contribution in [3.05, 3.63) is 11.7 Å². The molecule has 1 aliphatic heterocycles. The van der Waals surface area contributed by atoms with Gasteiger partial charge in [-0.2, -0.15) is 4.98 Å². The lowest BCUT2D eigenvalue weighted by Gasteiger charge is -2.39. The van der Waals surface area contributed by atoms with Crippen molar-refractivity contribution in [1.82, 2.24) is 15.5 Å². The third-order valence-corrected chi connectivity index (χ3v) is 5.11. The summed E-state index contributed by atoms with van der Waals surface area (Å²) in [5.74, 6) is 1.41. The van der Waals surface area contributed by atoms with Gasteiger partial charge >= 0.3 is 0 Å². The molecule has 20 heavy (non-hydrogen) atoms. The number of nitrogens with one attached hydrogen (secondary N) is 1. The molecule has 1 aromatic heterocycles. The molecule has 1 aromatic rings. The Morgan fingerprint density at radius 1 is 1.25 bits per heavy atom. The SMILES string of the molecule is CS(=O)(=O)Cc1noc(C2CCC3CCCCC3N2)n1. The topological polar surface area (TPSA) is 85.1 Å². The van der Waals surface area contributed by atoms with E-state index in [0.717, 1.165) is 12.3 Å². The van der Waals surface area contributed by atoms with Gasteiger partial charge in [-0.05, 0) is 31.6 Å². The normalized spacial score (nSPS) is 30.9. The van der Waals surface area contributed by atoms with Crippen LogP contribution in [0, 0.1) is 5.92 Å². The van der Waals surface area contributed by atoms with Gasteiger partial charge in [-0.15, -0.1) is 0 Å². The van der Waals surface area contributed by atoms with Gasteiger partial charge in [0.05, 0.1) is 6.04 Å². The fourth-order valence-electron chi connectivity index (χ4n) is 3.39. The van der Waals surface area contributed by atoms with Crippen molar-refractivity contribution < 1.29 is 12.9 Å². The van der Waals surface area contributed by atoms with Gasteiger partial charge in [0.25, 0.3) is 0 Å². The summed E-state index contributed by atoms with van der Waals surface area (Å²) in [4.78, 5) is 4.24. The summed E-state index contributed by atoms with van der Waals surface area (Å²) in [6.07, 6.45) is 8.50. The molecule has 0 amide bonds. The van der Waals surface area contributed by atoms with Crippen LogP contribution in [0.1, 0.15) is 56.3 Å². The molecule has 2 heterocycles. The van der Waals surface area contributed by atoms with Gasteiger partial charge in [0.15, 0.2) is 15.7 Å². The molecular formula is C13H21N3O3S. The average molecular weight is 299 g/mol. The summed E-state index contributed by atoms with van der Waals surface area (Å²) in [6.45, 7) is 0. The zero-order valence-electron chi connectivity index (χ0n) is 11.7. The van der Waals surface area contributed by atoms with Gasteiger partial charge in [0.2, 0.25) is 5.89 Å². The predicted molar refractivity (Wildman–Crippen MR) is 73.7 cm³/mol. The first-order chi connectivity index (χ1) is 9.51. The van der Waals surface area contributed by atoms with E-state index < -0.39 is 9.84 Å². The van der Waals surface area contributed by atoms with Crippen molar-refractivity contribution in [3.8, 4) is 0 Å². The van der Waals surface area contributed by atoms with E-state index in [2.05, 4.69) is 15.5 Å². The summed E-state index contributed by atoms with van der Waals surface area (Å²) < 4.78 is 27.7. The van der Waals surface area contributed by atoms with E-state index in [1.807, 2.05) is 0 Å². The van der Waals surface area contributed by atoms with Gasteiger partial charge in [-0.1, -0.05) is 18.0 Å². The third kappa shape index (κ3) is 3.20. The fourth-order valence-corrected chi connectivity index (χ4v) is 3.98. The van der Waals surface area contributed by atoms with E-state index in [-0.39, 0.29) is 17.6 Å². The van der Waals surface area contributed by atoms with Crippen LogP contribution in [0.5, 0.6) is 0 Å². The van der Waals surface area contributed by atoms with E-state index in [0.29, 0.717) is 11.9 Å². The first kappa shape index (κ1) is 14.0. The molecule has 1 N–H and O–H groups in total. The van der Waals surface area contributed by atoms with Crippen molar-refractivity contribution >= 4 is 9.84 Å². The van der Waals surface area contributed by atoms with Gasteiger partial charge in [0.1, 0.15) is 5.75 Å². The molecule has 0 aromatic carbocycles. The van der Waals surface area contributed by atoms with E-state index in [1.165, 1.54) is 38.4 Å². The largest absolute Gasteiger partial charge is 0.338 e. The minimum Gasteiger partial charge on any atom is -0.338 e. The second-order valence-electron chi connectivity index (χ2n) is 6.07. The van der Waals surface area contributed by atoms with E-state index >= 15 is 0 Å². The van der Waals surface area contributed by atoms with Crippen LogP contribution in [-0.2, 0) is 15.6 Å². The highest BCUT2D eigenvalue weighted by atomic mass is 32.2. The Labute approximate surface area is 119 Å². The fraction of sp³-hybridized carbons (Fsp3) is 0.846. The minimum absolute atomic E-state index is 0.0789. The molecule has 3 unspecified atom stereocenters. The van der Waals surface area contributed by atoms with Crippen molar-refractivity contribution in [1.29, 1.82) is 0 Å². The maximum Gasteiger partial charge on any atom is 0.243 e. The van der Waals surface area contributed by atoms with Crippen molar-refractivity contribution in [3.63, 3.8) is 0 Å². The number of hydrogen-bond acceptors (Lipinski definition) is 6. The van der Waals surface area contributed by atoms with Crippen LogP contribution >= 0.6 is 0 Å². The van der Waals surface area contributed by atoms with E-state index in [1.54, 1.807) is 0 Å². The molecule has 0 radical (unpaired) electrons. The zero-order chi connectivity index (χ0) is 14.2. The second kappa shape index (κ2) is 5.44. The lowest BCUT2D eigenvalue weighted by atomic mass is 9.78. The second-order valence-corrected chi connectivity index (χ2v) is 8.21. The Morgan fingerprint density at radius 2 is 2.05 bits per heavy atom. The highest BCUT2D eigenvalue weighted by Gasteiger charge is 2.34. The smallest absolute Gasteiger partial charge is 0.243 e. The van der Waals surface area contributed by atoms with Gasteiger partial charge in [-0.25, -0.2) is 8.42 Å². The van der Waals surface area contributed by atoms with E-state index in [4.69, 9.17) is 4.52 Å². The lowest BCUT2D eigenvalue weighted by Crippen LogP contribution is -2.44. The summed E-state index contributed by atoms with van der Waals surface area (Å²) in [7, 11) is -3.12. The molecule has 0 spiro atoms. The standard InChI is InChI=1S/C13H21N3O3S/c1-20(17,18)8-12-15-13(19-16-12)11-7-6-9-4-2-3-5-10(9)14-11/h9-11,14H,2-8H2,1H3. The Balaban J connectivity index is 1.67. The quantitative estimate of drug-likeness (QED) is 0.912. The Morgan fingerprint density at radius 3 is 2.85 bits per heavy atom. The summed E-state index contributed by atoms with van der Waals surface area (Å²) in [6, 6.07) is 0.628. The molecular weight excluding hydrogens is 278 g/mol. The monoisotopic (exact) mass is 299 g/mol. The molecule has 6 nitrogen and oxygen atoms in total. The lowest BCUT2D eigenvalue weighted by molar-refractivity contribution is 0.158. The number of piperidine rings is 1. The highest BCUT2D eigenvalue weighted by Crippen LogP contribution is 2.36. The molecule has 1 aliphatic carbocycles. The first-order valence-corrected chi connectivity index (χ1v) is 9.33. The molecule has 1 saturated carbocycles. The highest BCUT2D eigenvalue weighted by molar-refractivity contribution is 7.89. The molecule has 3 atom stereocenters. The van der Waals surface area contributed by atoms with Crippen LogP contribution in [0.3, 0.4) is 0 Å². The molecule has 2 fully saturated rings. The van der Waals surface area contributed by atoms with Crippen LogP contribution in [-0.4, -0.2) is 30.9 Å². The molecule has 1 saturated heterocycles. The molecule has 0 bridgehead atoms. The predicted octanol–water partition coefficient (Wildman–Crippen LogP) is 1.60. The van der Waals surface area contributed by atoms with Crippen molar-refractivity contribution in [2.45, 2.75) is 56.4 Å². The Kier molecular flexibility index (Phi) is 3.81. The van der Waals surface area contributed by atoms with E-state index in [9.17, 15) is 8.42 Å². The van der Waals surface area contributed by atoms with Crippen LogP contribution in [0.2, 0.25) is 0 Å². The number of sulfone groups is 1. The third-order valence-electron chi connectivity index (χ3n) is 4.32. The number of hydrogen-bond donors (Lipinski definition) is 1. The summed E-state index contributed by atoms with van der Waals surface area (Å²) in [5, 5.41) is 7.38. The molecule has 2 aliphatic rings. The van der Waals surface area contributed by atoms with Gasteiger partial charge in [-0.3, -0.25) is 0 Å². The van der Waals surface area contributed by atoms with Gasteiger partial charge in [0, 0.05) is 12.3 Å². The molecule has 3 rings (SSSR count). The number of fused-ring (bicyclic) bond motifs is 1. The number of rotatable bonds is 3. The van der Waals surface area contributed by atoms with Crippen LogP contribution in [0.25, 0.3) is 0 Å². The van der Waals surface area contributed by atoms with Crippen LogP contribution in [0.15, 0.2) is 4.52 Å². The maximum atomic E-state index is 11.2. The molecule has 112 valence electrons. The van der Waals surface area contributed by atoms with Crippen molar-refractivity contribution in [2.24, 2.45) is 5.92 Å². The number of nitrogens with zero attached hydrogens (tertiary/aromatic N) is 2. The van der Waals surface area contributed by atoms with Gasteiger partial charge < -0.3 is 9.84 Å². The summed E-state index contributed by atoms with van der Waals surface area (Å²) in [5.41, 5.74) is 0. The first-order valence-electron chi connectivity index (χ1n) is 7.27. The van der Waals surface area contributed by atoms with Crippen molar-refractivity contribution in [2.75, 3.05) is 6.26 Å². The average Bonchev–Trinajstić information content (AvgIpc) is 2.84. The maximum absolute atomic E-state index is 11.2. The van der Waals surface area contributed by atoms with Crippen LogP contribution in [0.4, 0.5) is 0 Å². The molecule has 7 heteroatoms. The summed E-state index contributed by atoms with van der Waals surface area (Å²) >= 11 is 0. The van der Waals surface area contributed by atoms with Crippen LogP contribution < -0.4 is 5.32 Å². The Hall–Kier alpha value is -0.950. The number of aromatic nitrogens is 2. The Bertz CT molecular complexity index is 569.